The van der Waals surface area contributed by atoms with Crippen LogP contribution in [0.5, 0.6) is 11.5 Å². The lowest BCUT2D eigenvalue weighted by Crippen LogP contribution is -2.51. The minimum atomic E-state index is -4.30. The van der Waals surface area contributed by atoms with Gasteiger partial charge in [0.25, 0.3) is 10.0 Å². The lowest BCUT2D eigenvalue weighted by atomic mass is 10.1. The summed E-state index contributed by atoms with van der Waals surface area (Å²) in [5.41, 5.74) is 0.936. The molecule has 12 heteroatoms. The van der Waals surface area contributed by atoms with Crippen LogP contribution in [0, 0.1) is 0 Å². The lowest BCUT2D eigenvalue weighted by Gasteiger charge is -2.32. The number of nitrogens with zero attached hydrogens (tertiary/aromatic N) is 2. The Bertz CT molecular complexity index is 1450. The van der Waals surface area contributed by atoms with Crippen LogP contribution in [0.2, 0.25) is 10.0 Å². The third kappa shape index (κ3) is 8.06. The minimum Gasteiger partial charge on any atom is -0.493 e. The fourth-order valence-corrected chi connectivity index (χ4v) is 5.69. The molecule has 0 radical (unpaired) electrons. The second kappa shape index (κ2) is 14.4. The molecule has 3 aromatic carbocycles. The molecule has 0 saturated heterocycles. The molecule has 0 aliphatic carbocycles. The van der Waals surface area contributed by atoms with Crippen molar-refractivity contribution in [3.63, 3.8) is 0 Å². The molecule has 1 atom stereocenters. The van der Waals surface area contributed by atoms with E-state index in [9.17, 15) is 18.0 Å². The summed E-state index contributed by atoms with van der Waals surface area (Å²) in [6, 6.07) is 16.2. The zero-order valence-electron chi connectivity index (χ0n) is 23.3. The van der Waals surface area contributed by atoms with E-state index in [1.54, 1.807) is 31.2 Å². The minimum absolute atomic E-state index is 0.0571. The summed E-state index contributed by atoms with van der Waals surface area (Å²) >= 11 is 12.1. The van der Waals surface area contributed by atoms with Crippen LogP contribution in [0.4, 0.5) is 5.69 Å². The van der Waals surface area contributed by atoms with Gasteiger partial charge in [0.05, 0.1) is 24.8 Å². The molecule has 0 aliphatic rings. The van der Waals surface area contributed by atoms with Crippen LogP contribution in [-0.2, 0) is 26.2 Å². The van der Waals surface area contributed by atoms with Crippen LogP contribution in [-0.4, -0.2) is 58.5 Å². The first-order valence-electron chi connectivity index (χ1n) is 12.8. The van der Waals surface area contributed by atoms with E-state index in [1.807, 2.05) is 6.92 Å². The van der Waals surface area contributed by atoms with E-state index in [0.717, 1.165) is 16.3 Å². The van der Waals surface area contributed by atoms with Gasteiger partial charge >= 0.3 is 0 Å². The summed E-state index contributed by atoms with van der Waals surface area (Å²) in [6.07, 6.45) is 0.720. The number of ether oxygens (including phenoxy) is 2. The zero-order chi connectivity index (χ0) is 30.2. The summed E-state index contributed by atoms with van der Waals surface area (Å²) < 4.78 is 39.6. The van der Waals surface area contributed by atoms with Crippen LogP contribution >= 0.6 is 23.2 Å². The van der Waals surface area contributed by atoms with Crippen molar-refractivity contribution >= 4 is 50.7 Å². The number of hydrogen-bond donors (Lipinski definition) is 1. The fourth-order valence-electron chi connectivity index (χ4n) is 4.01. The molecule has 0 aliphatic heterocycles. The number of hydrogen-bond acceptors (Lipinski definition) is 6. The van der Waals surface area contributed by atoms with Crippen molar-refractivity contribution < 1.29 is 27.5 Å². The van der Waals surface area contributed by atoms with Gasteiger partial charge in [-0.25, -0.2) is 8.42 Å². The number of halogens is 2. The van der Waals surface area contributed by atoms with E-state index in [2.05, 4.69) is 5.32 Å². The van der Waals surface area contributed by atoms with Crippen LogP contribution < -0.4 is 19.1 Å². The third-order valence-electron chi connectivity index (χ3n) is 6.32. The van der Waals surface area contributed by atoms with Crippen molar-refractivity contribution in [2.24, 2.45) is 0 Å². The highest BCUT2D eigenvalue weighted by atomic mass is 35.5. The molecule has 3 aromatic rings. The van der Waals surface area contributed by atoms with Crippen molar-refractivity contribution in [2.45, 2.75) is 37.8 Å². The zero-order valence-corrected chi connectivity index (χ0v) is 25.6. The summed E-state index contributed by atoms with van der Waals surface area (Å²) in [5.74, 6) is -0.379. The van der Waals surface area contributed by atoms with Gasteiger partial charge in [0, 0.05) is 29.2 Å². The van der Waals surface area contributed by atoms with Gasteiger partial charge in [0.1, 0.15) is 12.6 Å². The topological polar surface area (TPSA) is 105 Å². The van der Waals surface area contributed by atoms with Crippen molar-refractivity contribution in [2.75, 3.05) is 31.6 Å². The molecule has 0 aromatic heterocycles. The summed E-state index contributed by atoms with van der Waals surface area (Å²) in [5, 5.41) is 3.73. The highest BCUT2D eigenvalue weighted by Gasteiger charge is 2.33. The number of sulfonamides is 1. The van der Waals surface area contributed by atoms with E-state index >= 15 is 0 Å². The molecule has 1 N–H and O–H groups in total. The molecule has 2 amide bonds. The van der Waals surface area contributed by atoms with E-state index in [4.69, 9.17) is 32.7 Å². The van der Waals surface area contributed by atoms with Crippen LogP contribution in [0.1, 0.15) is 25.8 Å². The average Bonchev–Trinajstić information content (AvgIpc) is 2.97. The molecule has 0 unspecified atom stereocenters. The van der Waals surface area contributed by atoms with Gasteiger partial charge in [-0.1, -0.05) is 42.3 Å². The maximum Gasteiger partial charge on any atom is 0.264 e. The van der Waals surface area contributed by atoms with E-state index in [0.29, 0.717) is 22.3 Å². The van der Waals surface area contributed by atoms with Crippen molar-refractivity contribution in [3.05, 3.63) is 82.3 Å². The number of anilines is 1. The number of methoxy groups -OCH3 is 2. The monoisotopic (exact) mass is 621 g/mol. The Labute approximate surface area is 251 Å². The molecular weight excluding hydrogens is 589 g/mol. The predicted octanol–water partition coefficient (Wildman–Crippen LogP) is 5.15. The second-order valence-electron chi connectivity index (χ2n) is 9.12. The molecule has 3 rings (SSSR count). The van der Waals surface area contributed by atoms with Crippen molar-refractivity contribution in [3.8, 4) is 11.5 Å². The number of amides is 2. The van der Waals surface area contributed by atoms with Gasteiger partial charge in [-0.15, -0.1) is 0 Å². The van der Waals surface area contributed by atoms with Gasteiger partial charge in [-0.2, -0.15) is 0 Å². The van der Waals surface area contributed by atoms with E-state index < -0.39 is 28.5 Å². The Morgan fingerprint density at radius 2 is 1.49 bits per heavy atom. The second-order valence-corrected chi connectivity index (χ2v) is 11.9. The molecule has 9 nitrogen and oxygen atoms in total. The maximum atomic E-state index is 14.0. The van der Waals surface area contributed by atoms with E-state index in [-0.39, 0.29) is 28.8 Å². The highest BCUT2D eigenvalue weighted by molar-refractivity contribution is 7.92. The number of carbonyl (C=O) groups excluding carboxylic acids is 2. The number of carbonyl (C=O) groups is 2. The fraction of sp³-hybridized carbons (Fsp3) is 0.310. The van der Waals surface area contributed by atoms with Crippen LogP contribution in [0.25, 0.3) is 0 Å². The molecule has 0 saturated carbocycles. The first-order valence-corrected chi connectivity index (χ1v) is 15.0. The molecular formula is C29H33Cl2N3O6S. The Kier molecular flexibility index (Phi) is 11.3. The van der Waals surface area contributed by atoms with Gasteiger partial charge < -0.3 is 19.7 Å². The van der Waals surface area contributed by atoms with Crippen LogP contribution in [0.3, 0.4) is 0 Å². The SMILES string of the molecule is CCCNC(=O)[C@H](C)N(Cc1ccc(Cl)cc1)C(=O)CN(c1ccc(Cl)cc1)S(=O)(=O)c1ccc(OC)c(OC)c1. The molecule has 41 heavy (non-hydrogen) atoms. The summed E-state index contributed by atoms with van der Waals surface area (Å²) in [7, 11) is -1.46. The molecule has 0 spiro atoms. The van der Waals surface area contributed by atoms with Crippen LogP contribution in [0.15, 0.2) is 71.6 Å². The largest absolute Gasteiger partial charge is 0.493 e. The normalized spacial score (nSPS) is 11.9. The predicted molar refractivity (Wildman–Crippen MR) is 160 cm³/mol. The standard InChI is InChI=1S/C29H33Cl2N3O6S/c1-5-16-32-29(36)20(2)33(18-21-6-8-22(30)9-7-21)28(35)19-34(24-12-10-23(31)11-13-24)41(37,38)25-14-15-26(39-3)27(17-25)40-4/h6-15,17,20H,5,16,18-19H2,1-4H3,(H,32,36)/t20-/m0/s1. The van der Waals surface area contributed by atoms with Gasteiger partial charge in [-0.3, -0.25) is 13.9 Å². The average molecular weight is 623 g/mol. The number of nitrogens with one attached hydrogen (secondary N) is 1. The molecule has 220 valence electrons. The molecule has 0 heterocycles. The molecule has 0 fully saturated rings. The lowest BCUT2D eigenvalue weighted by molar-refractivity contribution is -0.139. The number of rotatable bonds is 13. The van der Waals surface area contributed by atoms with E-state index in [1.165, 1.54) is 61.6 Å². The Balaban J connectivity index is 2.05. The quantitative estimate of drug-likeness (QED) is 0.283. The number of benzene rings is 3. The molecule has 0 bridgehead atoms. The summed E-state index contributed by atoms with van der Waals surface area (Å²) in [6.45, 7) is 3.44. The first-order chi connectivity index (χ1) is 19.5. The maximum absolute atomic E-state index is 14.0. The van der Waals surface area contributed by atoms with Crippen molar-refractivity contribution in [1.82, 2.24) is 10.2 Å². The Morgan fingerprint density at radius 1 is 0.902 bits per heavy atom. The van der Waals surface area contributed by atoms with Gasteiger partial charge in [0.15, 0.2) is 11.5 Å². The summed E-state index contributed by atoms with van der Waals surface area (Å²) in [4.78, 5) is 28.1. The van der Waals surface area contributed by atoms with Gasteiger partial charge in [-0.05, 0) is 67.4 Å². The van der Waals surface area contributed by atoms with Crippen molar-refractivity contribution in [1.29, 1.82) is 0 Å². The highest BCUT2D eigenvalue weighted by Crippen LogP contribution is 2.32. The smallest absolute Gasteiger partial charge is 0.264 e. The Morgan fingerprint density at radius 3 is 2.05 bits per heavy atom. The third-order valence-corrected chi connectivity index (χ3v) is 8.59. The Hall–Kier alpha value is -3.47. The van der Waals surface area contributed by atoms with Gasteiger partial charge in [0.2, 0.25) is 11.8 Å². The first kappa shape index (κ1) is 32.0.